The van der Waals surface area contributed by atoms with Gasteiger partial charge in [-0.1, -0.05) is 12.1 Å². The normalized spacial score (nSPS) is 14.9. The predicted octanol–water partition coefficient (Wildman–Crippen LogP) is 0.789. The number of guanidine groups is 1. The molecule has 1 aliphatic rings. The van der Waals surface area contributed by atoms with Gasteiger partial charge in [0, 0.05) is 57.9 Å². The molecule has 3 N–H and O–H groups in total. The minimum Gasteiger partial charge on any atom is -0.360 e. The van der Waals surface area contributed by atoms with Gasteiger partial charge in [-0.05, 0) is 29.8 Å². The largest absolute Gasteiger partial charge is 0.360 e. The zero-order chi connectivity index (χ0) is 18.2. The van der Waals surface area contributed by atoms with Crippen molar-refractivity contribution in [3.8, 4) is 0 Å². The maximum Gasteiger partial charge on any atom is 0.239 e. The molecular formula is C19H26N6O. The van der Waals surface area contributed by atoms with E-state index in [4.69, 9.17) is 0 Å². The molecule has 1 aromatic heterocycles. The van der Waals surface area contributed by atoms with Gasteiger partial charge in [0.1, 0.15) is 0 Å². The first-order valence-electron chi connectivity index (χ1n) is 8.90. The molecule has 2 heterocycles. The van der Waals surface area contributed by atoms with Crippen molar-refractivity contribution in [2.24, 2.45) is 4.99 Å². The van der Waals surface area contributed by atoms with Crippen molar-refractivity contribution in [3.63, 3.8) is 0 Å². The van der Waals surface area contributed by atoms with Crippen LogP contribution in [0.25, 0.3) is 0 Å². The molecule has 0 bridgehead atoms. The highest BCUT2D eigenvalue weighted by Crippen LogP contribution is 2.15. The summed E-state index contributed by atoms with van der Waals surface area (Å²) >= 11 is 0. The molecule has 0 saturated carbocycles. The molecule has 0 unspecified atom stereocenters. The second-order valence-corrected chi connectivity index (χ2v) is 6.21. The number of aromatic nitrogens is 1. The van der Waals surface area contributed by atoms with Crippen LogP contribution >= 0.6 is 0 Å². The number of hydrogen-bond acceptors (Lipinski definition) is 3. The van der Waals surface area contributed by atoms with Gasteiger partial charge < -0.3 is 25.4 Å². The Labute approximate surface area is 154 Å². The molecule has 1 fully saturated rings. The summed E-state index contributed by atoms with van der Waals surface area (Å²) in [5, 5.41) is 9.48. The van der Waals surface area contributed by atoms with Gasteiger partial charge in [-0.25, -0.2) is 0 Å². The van der Waals surface area contributed by atoms with Gasteiger partial charge in [0.2, 0.25) is 5.91 Å². The molecule has 0 radical (unpaired) electrons. The van der Waals surface area contributed by atoms with E-state index >= 15 is 0 Å². The topological polar surface area (TPSA) is 73.7 Å². The minimum atomic E-state index is 0.0804. The molecule has 3 rings (SSSR count). The number of aliphatic imine (C=N–C) groups is 1. The van der Waals surface area contributed by atoms with Crippen LogP contribution in [0.4, 0.5) is 5.69 Å². The molecule has 7 heteroatoms. The van der Waals surface area contributed by atoms with Crippen molar-refractivity contribution >= 4 is 17.6 Å². The SMILES string of the molecule is CN=C(NCCn1cccc1)NCc1ccc(N2CCNC(=O)C2)cc1. The summed E-state index contributed by atoms with van der Waals surface area (Å²) in [5.41, 5.74) is 2.25. The fourth-order valence-electron chi connectivity index (χ4n) is 2.91. The van der Waals surface area contributed by atoms with Crippen LogP contribution in [-0.2, 0) is 17.9 Å². The summed E-state index contributed by atoms with van der Waals surface area (Å²) in [6.45, 7) is 4.38. The number of nitrogens with one attached hydrogen (secondary N) is 3. The molecule has 138 valence electrons. The number of piperazine rings is 1. The highest BCUT2D eigenvalue weighted by molar-refractivity contribution is 5.82. The average molecular weight is 354 g/mol. The Hall–Kier alpha value is -2.96. The monoisotopic (exact) mass is 354 g/mol. The highest BCUT2D eigenvalue weighted by Gasteiger charge is 2.16. The molecular weight excluding hydrogens is 328 g/mol. The van der Waals surface area contributed by atoms with Crippen LogP contribution in [0.2, 0.25) is 0 Å². The van der Waals surface area contributed by atoms with E-state index in [-0.39, 0.29) is 5.91 Å². The minimum absolute atomic E-state index is 0.0804. The Morgan fingerprint density at radius 3 is 2.65 bits per heavy atom. The summed E-state index contributed by atoms with van der Waals surface area (Å²) in [4.78, 5) is 17.9. The van der Waals surface area contributed by atoms with Crippen molar-refractivity contribution in [2.75, 3.05) is 38.1 Å². The van der Waals surface area contributed by atoms with Crippen LogP contribution in [0.5, 0.6) is 0 Å². The van der Waals surface area contributed by atoms with Gasteiger partial charge in [0.15, 0.2) is 5.96 Å². The molecule has 1 aromatic carbocycles. The number of nitrogens with zero attached hydrogens (tertiary/aromatic N) is 3. The van der Waals surface area contributed by atoms with Crippen LogP contribution in [0.1, 0.15) is 5.56 Å². The van der Waals surface area contributed by atoms with Crippen molar-refractivity contribution in [1.82, 2.24) is 20.5 Å². The Balaban J connectivity index is 1.45. The van der Waals surface area contributed by atoms with Crippen molar-refractivity contribution in [2.45, 2.75) is 13.1 Å². The highest BCUT2D eigenvalue weighted by atomic mass is 16.2. The maximum atomic E-state index is 11.5. The Morgan fingerprint density at radius 2 is 1.96 bits per heavy atom. The predicted molar refractivity (Wildman–Crippen MR) is 104 cm³/mol. The molecule has 1 saturated heterocycles. The Morgan fingerprint density at radius 1 is 1.19 bits per heavy atom. The maximum absolute atomic E-state index is 11.5. The van der Waals surface area contributed by atoms with E-state index in [0.717, 1.165) is 31.3 Å². The number of amides is 1. The van der Waals surface area contributed by atoms with E-state index in [1.54, 1.807) is 7.05 Å². The number of rotatable bonds is 6. The Kier molecular flexibility index (Phi) is 6.14. The molecule has 0 spiro atoms. The second kappa shape index (κ2) is 8.94. The summed E-state index contributed by atoms with van der Waals surface area (Å²) in [5.74, 6) is 0.866. The zero-order valence-corrected chi connectivity index (χ0v) is 15.1. The smallest absolute Gasteiger partial charge is 0.239 e. The molecule has 1 aliphatic heterocycles. The second-order valence-electron chi connectivity index (χ2n) is 6.21. The lowest BCUT2D eigenvalue weighted by atomic mass is 10.2. The van der Waals surface area contributed by atoms with E-state index in [1.807, 2.05) is 24.5 Å². The molecule has 1 amide bonds. The lowest BCUT2D eigenvalue weighted by Gasteiger charge is -2.28. The van der Waals surface area contributed by atoms with Crippen LogP contribution in [0.15, 0.2) is 53.8 Å². The fourth-order valence-corrected chi connectivity index (χ4v) is 2.91. The van der Waals surface area contributed by atoms with E-state index < -0.39 is 0 Å². The number of hydrogen-bond donors (Lipinski definition) is 3. The van der Waals surface area contributed by atoms with Gasteiger partial charge in [-0.15, -0.1) is 0 Å². The van der Waals surface area contributed by atoms with E-state index in [9.17, 15) is 4.79 Å². The molecule has 2 aromatic rings. The average Bonchev–Trinajstić information content (AvgIpc) is 3.18. The van der Waals surface area contributed by atoms with Crippen molar-refractivity contribution in [3.05, 3.63) is 54.4 Å². The number of anilines is 1. The summed E-state index contributed by atoms with van der Waals surface area (Å²) in [6, 6.07) is 12.3. The number of carbonyl (C=O) groups is 1. The molecule has 7 nitrogen and oxygen atoms in total. The summed E-state index contributed by atoms with van der Waals surface area (Å²) in [7, 11) is 1.77. The van der Waals surface area contributed by atoms with Gasteiger partial charge in [0.25, 0.3) is 0 Å². The first kappa shape index (κ1) is 17.8. The van der Waals surface area contributed by atoms with E-state index in [0.29, 0.717) is 19.6 Å². The van der Waals surface area contributed by atoms with Gasteiger partial charge in [-0.2, -0.15) is 0 Å². The van der Waals surface area contributed by atoms with E-state index in [2.05, 4.69) is 54.7 Å². The third kappa shape index (κ3) is 5.02. The van der Waals surface area contributed by atoms with Crippen molar-refractivity contribution in [1.29, 1.82) is 0 Å². The standard InChI is InChI=1S/C19H26N6O/c1-20-19(22-8-12-24-10-2-3-11-24)23-14-16-4-6-17(7-5-16)25-13-9-21-18(26)15-25/h2-7,10-11H,8-9,12-15H2,1H3,(H,21,26)(H2,20,22,23). The quantitative estimate of drug-likeness (QED) is 0.530. The van der Waals surface area contributed by atoms with Gasteiger partial charge >= 0.3 is 0 Å². The molecule has 26 heavy (non-hydrogen) atoms. The van der Waals surface area contributed by atoms with Crippen LogP contribution in [0, 0.1) is 0 Å². The van der Waals surface area contributed by atoms with Crippen molar-refractivity contribution < 1.29 is 4.79 Å². The fraction of sp³-hybridized carbons (Fsp3) is 0.368. The first-order chi connectivity index (χ1) is 12.7. The number of benzene rings is 1. The molecule has 0 aliphatic carbocycles. The van der Waals surface area contributed by atoms with Crippen LogP contribution in [0.3, 0.4) is 0 Å². The van der Waals surface area contributed by atoms with Crippen LogP contribution in [-0.4, -0.2) is 49.7 Å². The van der Waals surface area contributed by atoms with E-state index in [1.165, 1.54) is 5.56 Å². The summed E-state index contributed by atoms with van der Waals surface area (Å²) < 4.78 is 2.12. The lowest BCUT2D eigenvalue weighted by Crippen LogP contribution is -2.47. The lowest BCUT2D eigenvalue weighted by molar-refractivity contribution is -0.120. The van der Waals surface area contributed by atoms with Crippen LogP contribution < -0.4 is 20.9 Å². The third-order valence-electron chi connectivity index (χ3n) is 4.35. The first-order valence-corrected chi connectivity index (χ1v) is 8.90. The van der Waals surface area contributed by atoms with Gasteiger partial charge in [-0.3, -0.25) is 9.79 Å². The third-order valence-corrected chi connectivity index (χ3v) is 4.35. The zero-order valence-electron chi connectivity index (χ0n) is 15.1. The number of carbonyl (C=O) groups excluding carboxylic acids is 1. The van der Waals surface area contributed by atoms with Gasteiger partial charge in [0.05, 0.1) is 6.54 Å². The summed E-state index contributed by atoms with van der Waals surface area (Å²) in [6.07, 6.45) is 4.09. The molecule has 0 atom stereocenters. The Bertz CT molecular complexity index is 723.